The Morgan fingerprint density at radius 2 is 1.83 bits per heavy atom. The molecule has 0 saturated heterocycles. The number of aryl methyl sites for hydroxylation is 1. The highest BCUT2D eigenvalue weighted by Gasteiger charge is 2.35. The van der Waals surface area contributed by atoms with Crippen molar-refractivity contribution in [2.24, 2.45) is 10.1 Å². The number of hydrogen-bond acceptors (Lipinski definition) is 5. The predicted molar refractivity (Wildman–Crippen MR) is 142 cm³/mol. The second-order valence-corrected chi connectivity index (χ2v) is 9.31. The summed E-state index contributed by atoms with van der Waals surface area (Å²) in [4.78, 5) is 17.1. The average Bonchev–Trinajstić information content (AvgIpc) is 3.37. The van der Waals surface area contributed by atoms with Crippen molar-refractivity contribution in [3.63, 3.8) is 0 Å². The van der Waals surface area contributed by atoms with Crippen molar-refractivity contribution in [2.75, 3.05) is 6.61 Å². The van der Waals surface area contributed by atoms with Crippen LogP contribution in [0.15, 0.2) is 76.3 Å². The lowest BCUT2D eigenvalue weighted by Crippen LogP contribution is -2.35. The third-order valence-corrected chi connectivity index (χ3v) is 6.78. The smallest absolute Gasteiger partial charge is 0.283 e. The zero-order valence-corrected chi connectivity index (χ0v) is 20.6. The van der Waals surface area contributed by atoms with Gasteiger partial charge in [-0.2, -0.15) is 15.1 Å². The zero-order chi connectivity index (χ0) is 24.5. The third kappa shape index (κ3) is 4.44. The highest BCUT2D eigenvalue weighted by molar-refractivity contribution is 8.26. The van der Waals surface area contributed by atoms with Crippen LogP contribution in [-0.2, 0) is 11.2 Å². The van der Waals surface area contributed by atoms with Crippen LogP contribution in [0.5, 0.6) is 5.75 Å². The number of benzene rings is 2. The number of amides is 1. The summed E-state index contributed by atoms with van der Waals surface area (Å²) < 4.78 is 7.67. The molecular weight excluding hydrogens is 458 g/mol. The molecule has 1 N–H and O–H groups in total. The summed E-state index contributed by atoms with van der Waals surface area (Å²) in [6.45, 7) is 6.60. The van der Waals surface area contributed by atoms with E-state index in [4.69, 9.17) is 10.1 Å². The molecule has 2 aromatic carbocycles. The maximum absolute atomic E-state index is 12.9. The van der Waals surface area contributed by atoms with Gasteiger partial charge in [-0.1, -0.05) is 30.3 Å². The number of carbonyl (C=O) groups excluding carboxylic acids is 1. The van der Waals surface area contributed by atoms with Gasteiger partial charge in [-0.15, -0.1) is 0 Å². The number of hydrogen-bond donors (Lipinski definition) is 1. The Kier molecular flexibility index (Phi) is 6.13. The van der Waals surface area contributed by atoms with E-state index in [1.807, 2.05) is 81.4 Å². The van der Waals surface area contributed by atoms with E-state index in [0.717, 1.165) is 39.0 Å². The first-order valence-electron chi connectivity index (χ1n) is 11.4. The molecule has 0 aliphatic carbocycles. The van der Waals surface area contributed by atoms with Gasteiger partial charge in [0.1, 0.15) is 10.8 Å². The van der Waals surface area contributed by atoms with Crippen LogP contribution in [0.2, 0.25) is 0 Å². The average molecular weight is 484 g/mol. The van der Waals surface area contributed by atoms with Crippen molar-refractivity contribution in [3.05, 3.63) is 88.8 Å². The first-order valence-corrected chi connectivity index (χ1v) is 12.2. The summed E-state index contributed by atoms with van der Waals surface area (Å²) in [6, 6.07) is 19.9. The fourth-order valence-corrected chi connectivity index (χ4v) is 5.14. The number of nitrogens with zero attached hydrogens (tertiary/aromatic N) is 4. The number of aliphatic imine (C=N–C) groups is 1. The van der Waals surface area contributed by atoms with Gasteiger partial charge in [0.05, 0.1) is 12.2 Å². The molecule has 7 nitrogen and oxygen atoms in total. The van der Waals surface area contributed by atoms with Crippen LogP contribution in [0.25, 0.3) is 11.8 Å². The van der Waals surface area contributed by atoms with E-state index in [2.05, 4.69) is 14.7 Å². The van der Waals surface area contributed by atoms with E-state index < -0.39 is 5.91 Å². The van der Waals surface area contributed by atoms with Crippen LogP contribution in [0.4, 0.5) is 0 Å². The van der Waals surface area contributed by atoms with Crippen LogP contribution in [0.1, 0.15) is 29.4 Å². The van der Waals surface area contributed by atoms with Crippen molar-refractivity contribution < 1.29 is 9.53 Å². The molecule has 0 saturated carbocycles. The molecule has 176 valence electrons. The Labute approximate surface area is 208 Å². The zero-order valence-electron chi connectivity index (χ0n) is 19.8. The molecule has 3 aromatic rings. The van der Waals surface area contributed by atoms with Gasteiger partial charge >= 0.3 is 0 Å². The molecule has 5 rings (SSSR count). The van der Waals surface area contributed by atoms with E-state index >= 15 is 0 Å². The van der Waals surface area contributed by atoms with Gasteiger partial charge in [0.15, 0.2) is 5.84 Å². The number of aromatic nitrogens is 1. The van der Waals surface area contributed by atoms with E-state index in [0.29, 0.717) is 18.2 Å². The van der Waals surface area contributed by atoms with Gasteiger partial charge < -0.3 is 9.30 Å². The number of amidine groups is 2. The summed E-state index contributed by atoms with van der Waals surface area (Å²) in [5, 5.41) is 16.0. The molecule has 0 bridgehead atoms. The first kappa shape index (κ1) is 22.9. The largest absolute Gasteiger partial charge is 0.494 e. The molecule has 8 heteroatoms. The summed E-state index contributed by atoms with van der Waals surface area (Å²) in [6.07, 6.45) is 2.37. The molecular formula is C27H25N5O2S. The molecule has 0 unspecified atom stereocenters. The predicted octanol–water partition coefficient (Wildman–Crippen LogP) is 5.35. The van der Waals surface area contributed by atoms with Crippen molar-refractivity contribution in [3.8, 4) is 11.4 Å². The van der Waals surface area contributed by atoms with Crippen molar-refractivity contribution in [2.45, 2.75) is 27.2 Å². The maximum atomic E-state index is 12.9. The Morgan fingerprint density at radius 1 is 1.09 bits per heavy atom. The van der Waals surface area contributed by atoms with Crippen molar-refractivity contribution in [1.82, 2.24) is 9.58 Å². The highest BCUT2D eigenvalue weighted by atomic mass is 32.2. The van der Waals surface area contributed by atoms with Crippen LogP contribution >= 0.6 is 11.8 Å². The first-order chi connectivity index (χ1) is 16.9. The quantitative estimate of drug-likeness (QED) is 0.479. The molecule has 0 radical (unpaired) electrons. The molecule has 2 aliphatic rings. The molecule has 0 spiro atoms. The van der Waals surface area contributed by atoms with Crippen LogP contribution in [-0.4, -0.2) is 38.1 Å². The lowest BCUT2D eigenvalue weighted by Gasteiger charge is -2.20. The van der Waals surface area contributed by atoms with E-state index in [1.165, 1.54) is 16.8 Å². The number of hydrazone groups is 1. The molecule has 0 fully saturated rings. The topological polar surface area (TPSA) is 83.0 Å². The molecule has 1 aromatic heterocycles. The summed E-state index contributed by atoms with van der Waals surface area (Å²) in [7, 11) is 0. The molecule has 2 aliphatic heterocycles. The van der Waals surface area contributed by atoms with Gasteiger partial charge in [-0.05, 0) is 80.1 Å². The Bertz CT molecular complexity index is 1400. The lowest BCUT2D eigenvalue weighted by atomic mass is 10.1. The Hall–Kier alpha value is -3.91. The van der Waals surface area contributed by atoms with E-state index in [-0.39, 0.29) is 11.4 Å². The van der Waals surface area contributed by atoms with E-state index in [1.54, 1.807) is 6.08 Å². The van der Waals surface area contributed by atoms with Crippen molar-refractivity contribution in [1.29, 1.82) is 5.41 Å². The Balaban J connectivity index is 1.43. The fourth-order valence-electron chi connectivity index (χ4n) is 4.22. The SMILES string of the molecule is CCOc1ccc(-n2c(C)cc(C=C3C(=N)N4N=C(Cc5ccccc5)SC4=NC3=O)c2C)cc1. The van der Waals surface area contributed by atoms with Crippen LogP contribution < -0.4 is 4.74 Å². The third-order valence-electron chi connectivity index (χ3n) is 5.87. The minimum Gasteiger partial charge on any atom is -0.494 e. The minimum atomic E-state index is -0.421. The van der Waals surface area contributed by atoms with Gasteiger partial charge in [-0.25, -0.2) is 0 Å². The number of ether oxygens (including phenoxy) is 1. The molecule has 3 heterocycles. The van der Waals surface area contributed by atoms with Gasteiger partial charge in [0.2, 0.25) is 5.17 Å². The number of carbonyl (C=O) groups is 1. The summed E-state index contributed by atoms with van der Waals surface area (Å²) in [5.41, 5.74) is 5.21. The molecule has 35 heavy (non-hydrogen) atoms. The monoisotopic (exact) mass is 483 g/mol. The molecule has 1 amide bonds. The van der Waals surface area contributed by atoms with Gasteiger partial charge in [0, 0.05) is 23.5 Å². The maximum Gasteiger partial charge on any atom is 0.283 e. The highest BCUT2D eigenvalue weighted by Crippen LogP contribution is 2.31. The second-order valence-electron chi connectivity index (χ2n) is 8.26. The van der Waals surface area contributed by atoms with E-state index in [9.17, 15) is 4.79 Å². The molecule has 0 atom stereocenters. The van der Waals surface area contributed by atoms with Crippen molar-refractivity contribution >= 4 is 39.8 Å². The summed E-state index contributed by atoms with van der Waals surface area (Å²) >= 11 is 1.34. The van der Waals surface area contributed by atoms with Gasteiger partial charge in [0.25, 0.3) is 5.91 Å². The normalized spacial score (nSPS) is 16.4. The van der Waals surface area contributed by atoms with Gasteiger partial charge in [-0.3, -0.25) is 10.2 Å². The minimum absolute atomic E-state index is 0.0430. The lowest BCUT2D eigenvalue weighted by molar-refractivity contribution is -0.114. The number of nitrogens with one attached hydrogen (secondary N) is 1. The van der Waals surface area contributed by atoms with Crippen LogP contribution in [0, 0.1) is 19.3 Å². The number of thioether (sulfide) groups is 1. The standard InChI is InChI=1S/C27H25N5O2S/c1-4-34-22-12-10-21(11-13-22)31-17(2)14-20(18(31)3)16-23-25(28)32-27(29-26(23)33)35-24(30-32)15-19-8-6-5-7-9-19/h5-14,16,28H,4,15H2,1-3H3. The Morgan fingerprint density at radius 3 is 2.54 bits per heavy atom. The van der Waals surface area contributed by atoms with Crippen LogP contribution in [0.3, 0.4) is 0 Å². The summed E-state index contributed by atoms with van der Waals surface area (Å²) in [5.74, 6) is 0.448. The fraction of sp³-hybridized carbons (Fsp3) is 0.185. The number of rotatable bonds is 6. The second kappa shape index (κ2) is 9.38. The number of fused-ring (bicyclic) bond motifs is 1.